The van der Waals surface area contributed by atoms with Crippen LogP contribution in [0.25, 0.3) is 0 Å². The second kappa shape index (κ2) is 6.93. The number of nitrogens with two attached hydrogens (primary N) is 1. The normalized spacial score (nSPS) is 10.3. The molecule has 0 atom stereocenters. The van der Waals surface area contributed by atoms with Crippen LogP contribution >= 0.6 is 22.6 Å². The number of unbranched alkanes of at least 4 members (excludes halogenated alkanes) is 3. The molecule has 0 unspecified atom stereocenters. The Balaban J connectivity index is 2.33. The maximum atomic E-state index is 5.80. The molecule has 0 aliphatic carbocycles. The van der Waals surface area contributed by atoms with Crippen LogP contribution in [0.4, 0.5) is 5.69 Å². The van der Waals surface area contributed by atoms with E-state index in [2.05, 4.69) is 29.5 Å². The van der Waals surface area contributed by atoms with Gasteiger partial charge in [-0.15, -0.1) is 0 Å². The monoisotopic (exact) mass is 319 g/mol. The summed E-state index contributed by atoms with van der Waals surface area (Å²) >= 11 is 2.26. The van der Waals surface area contributed by atoms with Gasteiger partial charge in [0.25, 0.3) is 0 Å². The van der Waals surface area contributed by atoms with Crippen LogP contribution in [0.1, 0.15) is 32.6 Å². The molecule has 0 bridgehead atoms. The van der Waals surface area contributed by atoms with Gasteiger partial charge in [-0.05, 0) is 47.2 Å². The number of halogens is 1. The van der Waals surface area contributed by atoms with E-state index in [9.17, 15) is 0 Å². The summed E-state index contributed by atoms with van der Waals surface area (Å²) in [6.45, 7) is 2.97. The summed E-state index contributed by atoms with van der Waals surface area (Å²) in [6, 6.07) is 5.86. The van der Waals surface area contributed by atoms with Crippen molar-refractivity contribution in [1.82, 2.24) is 0 Å². The van der Waals surface area contributed by atoms with Crippen molar-refractivity contribution in [3.8, 4) is 5.75 Å². The molecule has 15 heavy (non-hydrogen) atoms. The first-order valence-corrected chi connectivity index (χ1v) is 6.49. The largest absolute Gasteiger partial charge is 0.491 e. The molecule has 1 aromatic rings. The molecule has 1 rings (SSSR count). The van der Waals surface area contributed by atoms with E-state index in [0.29, 0.717) is 0 Å². The first-order chi connectivity index (χ1) is 7.24. The van der Waals surface area contributed by atoms with Crippen LogP contribution in [0.5, 0.6) is 5.75 Å². The van der Waals surface area contributed by atoms with Gasteiger partial charge in [-0.1, -0.05) is 26.2 Å². The standard InChI is InChI=1S/C12H18INO/c1-2-3-4-5-8-15-12-9-10(13)6-7-11(12)14/h6-7,9H,2-5,8,14H2,1H3. The molecule has 84 valence electrons. The summed E-state index contributed by atoms with van der Waals surface area (Å²) in [5, 5.41) is 0. The molecule has 2 nitrogen and oxygen atoms in total. The third-order valence-electron chi connectivity index (χ3n) is 2.23. The predicted octanol–water partition coefficient (Wildman–Crippen LogP) is 3.83. The van der Waals surface area contributed by atoms with E-state index in [1.807, 2.05) is 18.2 Å². The van der Waals surface area contributed by atoms with Gasteiger partial charge in [-0.2, -0.15) is 0 Å². The maximum Gasteiger partial charge on any atom is 0.143 e. The van der Waals surface area contributed by atoms with E-state index in [0.717, 1.165) is 28.0 Å². The van der Waals surface area contributed by atoms with Gasteiger partial charge in [0, 0.05) is 3.57 Å². The molecule has 0 saturated heterocycles. The highest BCUT2D eigenvalue weighted by Gasteiger charge is 2.00. The van der Waals surface area contributed by atoms with E-state index in [1.54, 1.807) is 0 Å². The Kier molecular flexibility index (Phi) is 5.83. The minimum atomic E-state index is 0.728. The number of nitrogen functional groups attached to an aromatic ring is 1. The Morgan fingerprint density at radius 2 is 2.07 bits per heavy atom. The molecule has 0 aliphatic rings. The van der Waals surface area contributed by atoms with Crippen molar-refractivity contribution in [1.29, 1.82) is 0 Å². The minimum absolute atomic E-state index is 0.728. The van der Waals surface area contributed by atoms with Gasteiger partial charge in [-0.3, -0.25) is 0 Å². The zero-order valence-corrected chi connectivity index (χ0v) is 11.3. The summed E-state index contributed by atoms with van der Waals surface area (Å²) < 4.78 is 6.79. The third-order valence-corrected chi connectivity index (χ3v) is 2.90. The summed E-state index contributed by atoms with van der Waals surface area (Å²) in [5.74, 6) is 0.818. The van der Waals surface area contributed by atoms with Gasteiger partial charge in [0.15, 0.2) is 0 Å². The van der Waals surface area contributed by atoms with Crippen LogP contribution in [-0.4, -0.2) is 6.61 Å². The van der Waals surface area contributed by atoms with Crippen molar-refractivity contribution >= 4 is 28.3 Å². The first-order valence-electron chi connectivity index (χ1n) is 5.42. The number of benzene rings is 1. The van der Waals surface area contributed by atoms with Crippen LogP contribution in [0.2, 0.25) is 0 Å². The fraction of sp³-hybridized carbons (Fsp3) is 0.500. The van der Waals surface area contributed by atoms with Crippen LogP contribution < -0.4 is 10.5 Å². The second-order valence-electron chi connectivity index (χ2n) is 3.59. The van der Waals surface area contributed by atoms with Crippen molar-refractivity contribution < 1.29 is 4.74 Å². The topological polar surface area (TPSA) is 35.2 Å². The smallest absolute Gasteiger partial charge is 0.143 e. The van der Waals surface area contributed by atoms with Gasteiger partial charge in [-0.25, -0.2) is 0 Å². The predicted molar refractivity (Wildman–Crippen MR) is 73.2 cm³/mol. The van der Waals surface area contributed by atoms with Crippen LogP contribution in [0.3, 0.4) is 0 Å². The molecular weight excluding hydrogens is 301 g/mol. The highest BCUT2D eigenvalue weighted by molar-refractivity contribution is 14.1. The van der Waals surface area contributed by atoms with E-state index in [4.69, 9.17) is 10.5 Å². The van der Waals surface area contributed by atoms with Gasteiger partial charge < -0.3 is 10.5 Å². The summed E-state index contributed by atoms with van der Waals surface area (Å²) in [7, 11) is 0. The first kappa shape index (κ1) is 12.6. The van der Waals surface area contributed by atoms with Crippen LogP contribution in [-0.2, 0) is 0 Å². The minimum Gasteiger partial charge on any atom is -0.491 e. The molecule has 0 saturated carbocycles. The van der Waals surface area contributed by atoms with Crippen molar-refractivity contribution in [2.24, 2.45) is 0 Å². The fourth-order valence-corrected chi connectivity index (χ4v) is 1.81. The molecule has 0 fully saturated rings. The average molecular weight is 319 g/mol. The zero-order chi connectivity index (χ0) is 11.1. The summed E-state index contributed by atoms with van der Waals surface area (Å²) in [4.78, 5) is 0. The number of anilines is 1. The average Bonchev–Trinajstić information content (AvgIpc) is 2.23. The molecule has 0 radical (unpaired) electrons. The van der Waals surface area contributed by atoms with Crippen LogP contribution in [0, 0.1) is 3.57 Å². The van der Waals surface area contributed by atoms with E-state index in [1.165, 1.54) is 19.3 Å². The van der Waals surface area contributed by atoms with Gasteiger partial charge in [0.1, 0.15) is 5.75 Å². The Hall–Kier alpha value is -0.450. The lowest BCUT2D eigenvalue weighted by molar-refractivity contribution is 0.306. The van der Waals surface area contributed by atoms with Crippen LogP contribution in [0.15, 0.2) is 18.2 Å². The molecule has 2 N–H and O–H groups in total. The van der Waals surface area contributed by atoms with E-state index in [-0.39, 0.29) is 0 Å². The molecule has 0 spiro atoms. The van der Waals surface area contributed by atoms with Crippen molar-refractivity contribution in [2.45, 2.75) is 32.6 Å². The molecular formula is C12H18INO. The van der Waals surface area contributed by atoms with Gasteiger partial charge >= 0.3 is 0 Å². The maximum absolute atomic E-state index is 5.80. The number of ether oxygens (including phenoxy) is 1. The highest BCUT2D eigenvalue weighted by Crippen LogP contribution is 2.23. The Morgan fingerprint density at radius 1 is 1.27 bits per heavy atom. The highest BCUT2D eigenvalue weighted by atomic mass is 127. The Labute approximate surface area is 105 Å². The third kappa shape index (κ3) is 4.73. The van der Waals surface area contributed by atoms with Crippen molar-refractivity contribution in [3.05, 3.63) is 21.8 Å². The van der Waals surface area contributed by atoms with E-state index >= 15 is 0 Å². The number of rotatable bonds is 6. The number of hydrogen-bond donors (Lipinski definition) is 1. The lowest BCUT2D eigenvalue weighted by atomic mass is 10.2. The molecule has 0 amide bonds. The molecule has 0 aliphatic heterocycles. The Bertz CT molecular complexity index is 302. The lowest BCUT2D eigenvalue weighted by Gasteiger charge is -2.08. The van der Waals surface area contributed by atoms with Gasteiger partial charge in [0.2, 0.25) is 0 Å². The molecule has 0 heterocycles. The molecule has 0 aromatic heterocycles. The lowest BCUT2D eigenvalue weighted by Crippen LogP contribution is -2.00. The zero-order valence-electron chi connectivity index (χ0n) is 9.13. The summed E-state index contributed by atoms with van der Waals surface area (Å²) in [6.07, 6.45) is 4.88. The molecule has 3 heteroatoms. The number of hydrogen-bond acceptors (Lipinski definition) is 2. The SMILES string of the molecule is CCCCCCOc1cc(I)ccc1N. The Morgan fingerprint density at radius 3 is 2.80 bits per heavy atom. The summed E-state index contributed by atoms with van der Waals surface area (Å²) in [5.41, 5.74) is 6.53. The van der Waals surface area contributed by atoms with E-state index < -0.39 is 0 Å². The molecule has 1 aromatic carbocycles. The second-order valence-corrected chi connectivity index (χ2v) is 4.84. The van der Waals surface area contributed by atoms with Crippen molar-refractivity contribution in [3.63, 3.8) is 0 Å². The quantitative estimate of drug-likeness (QED) is 0.491. The fourth-order valence-electron chi connectivity index (χ4n) is 1.34. The van der Waals surface area contributed by atoms with Gasteiger partial charge in [0.05, 0.1) is 12.3 Å². The van der Waals surface area contributed by atoms with Crippen molar-refractivity contribution in [2.75, 3.05) is 12.3 Å².